The second kappa shape index (κ2) is 6.68. The number of carbonyl (C=O) groups excluding carboxylic acids is 1. The van der Waals surface area contributed by atoms with Crippen LogP contribution >= 0.6 is 0 Å². The molecule has 0 aliphatic carbocycles. The lowest BCUT2D eigenvalue weighted by Crippen LogP contribution is -2.48. The highest BCUT2D eigenvalue weighted by Gasteiger charge is 2.21. The van der Waals surface area contributed by atoms with E-state index in [1.54, 1.807) is 6.92 Å². The number of hydrogen-bond acceptors (Lipinski definition) is 3. The molecule has 1 heterocycles. The molecule has 0 aromatic heterocycles. The van der Waals surface area contributed by atoms with E-state index in [-0.39, 0.29) is 11.9 Å². The monoisotopic (exact) mass is 261 g/mol. The molecule has 3 N–H and O–H groups in total. The van der Waals surface area contributed by atoms with Crippen LogP contribution in [0.5, 0.6) is 0 Å². The van der Waals surface area contributed by atoms with Crippen LogP contribution in [-0.2, 0) is 11.3 Å². The Morgan fingerprint density at radius 1 is 1.37 bits per heavy atom. The summed E-state index contributed by atoms with van der Waals surface area (Å²) in [5, 5.41) is 3.01. The predicted octanol–water partition coefficient (Wildman–Crippen LogP) is 1.11. The average Bonchev–Trinajstić information content (AvgIpc) is 2.42. The largest absolute Gasteiger partial charge is 0.352 e. The fraction of sp³-hybridized carbons (Fsp3) is 0.533. The van der Waals surface area contributed by atoms with Gasteiger partial charge in [0.15, 0.2) is 0 Å². The molecule has 1 unspecified atom stereocenters. The van der Waals surface area contributed by atoms with Crippen molar-refractivity contribution in [2.75, 3.05) is 13.1 Å². The number of rotatable bonds is 4. The molecular formula is C15H23N3O. The highest BCUT2D eigenvalue weighted by atomic mass is 16.2. The Morgan fingerprint density at radius 2 is 2.00 bits per heavy atom. The number of carbonyl (C=O) groups is 1. The number of likely N-dealkylation sites (tertiary alicyclic amines) is 1. The van der Waals surface area contributed by atoms with Crippen LogP contribution in [0, 0.1) is 0 Å². The Morgan fingerprint density at radius 3 is 2.58 bits per heavy atom. The Bertz CT molecular complexity index is 397. The van der Waals surface area contributed by atoms with Gasteiger partial charge in [0, 0.05) is 25.7 Å². The normalized spacial score (nSPS) is 19.1. The van der Waals surface area contributed by atoms with Gasteiger partial charge in [-0.15, -0.1) is 0 Å². The van der Waals surface area contributed by atoms with E-state index in [0.717, 1.165) is 32.5 Å². The molecule has 19 heavy (non-hydrogen) atoms. The minimum atomic E-state index is -0.414. The van der Waals surface area contributed by atoms with Gasteiger partial charge in [-0.25, -0.2) is 0 Å². The third kappa shape index (κ3) is 4.33. The first-order valence-corrected chi connectivity index (χ1v) is 6.97. The van der Waals surface area contributed by atoms with Crippen molar-refractivity contribution in [3.8, 4) is 0 Å². The van der Waals surface area contributed by atoms with Crippen molar-refractivity contribution in [3.05, 3.63) is 35.9 Å². The molecule has 4 heteroatoms. The molecule has 1 atom stereocenters. The molecule has 1 aromatic carbocycles. The second-order valence-corrected chi connectivity index (χ2v) is 5.33. The van der Waals surface area contributed by atoms with Crippen LogP contribution in [0.4, 0.5) is 0 Å². The Hall–Kier alpha value is -1.39. The van der Waals surface area contributed by atoms with Gasteiger partial charge in [0.2, 0.25) is 5.91 Å². The van der Waals surface area contributed by atoms with E-state index in [9.17, 15) is 4.79 Å². The van der Waals surface area contributed by atoms with Crippen molar-refractivity contribution in [1.82, 2.24) is 10.2 Å². The zero-order valence-electron chi connectivity index (χ0n) is 11.5. The Labute approximate surface area is 115 Å². The van der Waals surface area contributed by atoms with Crippen molar-refractivity contribution >= 4 is 5.91 Å². The SMILES string of the molecule is CC(N)C(=O)NC1CCN(Cc2ccccc2)CC1. The van der Waals surface area contributed by atoms with E-state index in [4.69, 9.17) is 5.73 Å². The molecule has 1 amide bonds. The lowest BCUT2D eigenvalue weighted by atomic mass is 10.0. The average molecular weight is 261 g/mol. The number of nitrogens with two attached hydrogens (primary N) is 1. The molecule has 1 saturated heterocycles. The molecule has 1 aliphatic heterocycles. The molecule has 1 aliphatic rings. The van der Waals surface area contributed by atoms with E-state index in [1.165, 1.54) is 5.56 Å². The molecule has 0 spiro atoms. The predicted molar refractivity (Wildman–Crippen MR) is 76.5 cm³/mol. The van der Waals surface area contributed by atoms with Crippen LogP contribution in [0.1, 0.15) is 25.3 Å². The van der Waals surface area contributed by atoms with Crippen molar-refractivity contribution in [3.63, 3.8) is 0 Å². The first-order chi connectivity index (χ1) is 9.15. The lowest BCUT2D eigenvalue weighted by Gasteiger charge is -2.32. The van der Waals surface area contributed by atoms with Crippen molar-refractivity contribution in [1.29, 1.82) is 0 Å². The van der Waals surface area contributed by atoms with Crippen molar-refractivity contribution in [2.45, 2.75) is 38.4 Å². The molecule has 104 valence electrons. The van der Waals surface area contributed by atoms with Crippen LogP contribution in [0.25, 0.3) is 0 Å². The van der Waals surface area contributed by atoms with Crippen LogP contribution < -0.4 is 11.1 Å². The van der Waals surface area contributed by atoms with Crippen LogP contribution in [0.2, 0.25) is 0 Å². The topological polar surface area (TPSA) is 58.4 Å². The summed E-state index contributed by atoms with van der Waals surface area (Å²) >= 11 is 0. The highest BCUT2D eigenvalue weighted by Crippen LogP contribution is 2.13. The van der Waals surface area contributed by atoms with Gasteiger partial charge in [0.05, 0.1) is 6.04 Å². The first kappa shape index (κ1) is 14.0. The number of nitrogens with zero attached hydrogens (tertiary/aromatic N) is 1. The van der Waals surface area contributed by atoms with Gasteiger partial charge in [-0.3, -0.25) is 9.69 Å². The maximum atomic E-state index is 11.5. The summed E-state index contributed by atoms with van der Waals surface area (Å²) in [6, 6.07) is 10.4. The minimum absolute atomic E-state index is 0.0403. The summed E-state index contributed by atoms with van der Waals surface area (Å²) in [5.74, 6) is -0.0403. The fourth-order valence-electron chi connectivity index (χ4n) is 2.41. The van der Waals surface area contributed by atoms with Gasteiger partial charge in [-0.2, -0.15) is 0 Å². The van der Waals surface area contributed by atoms with Crippen LogP contribution in [0.15, 0.2) is 30.3 Å². The maximum absolute atomic E-state index is 11.5. The van der Waals surface area contributed by atoms with Crippen LogP contribution in [-0.4, -0.2) is 36.0 Å². The molecule has 4 nitrogen and oxygen atoms in total. The quantitative estimate of drug-likeness (QED) is 0.854. The van der Waals surface area contributed by atoms with Gasteiger partial charge in [-0.1, -0.05) is 30.3 Å². The van der Waals surface area contributed by atoms with Gasteiger partial charge in [0.25, 0.3) is 0 Å². The van der Waals surface area contributed by atoms with E-state index in [0.29, 0.717) is 0 Å². The number of hydrogen-bond donors (Lipinski definition) is 2. The zero-order chi connectivity index (χ0) is 13.7. The lowest BCUT2D eigenvalue weighted by molar-refractivity contribution is -0.123. The molecule has 1 fully saturated rings. The third-order valence-electron chi connectivity index (χ3n) is 3.60. The zero-order valence-corrected chi connectivity index (χ0v) is 11.5. The summed E-state index contributed by atoms with van der Waals surface area (Å²) < 4.78 is 0. The van der Waals surface area contributed by atoms with E-state index in [1.807, 2.05) is 6.07 Å². The van der Waals surface area contributed by atoms with Gasteiger partial charge >= 0.3 is 0 Å². The Kier molecular flexibility index (Phi) is 4.93. The molecule has 2 rings (SSSR count). The second-order valence-electron chi connectivity index (χ2n) is 5.33. The first-order valence-electron chi connectivity index (χ1n) is 6.97. The molecular weight excluding hydrogens is 238 g/mol. The Balaban J connectivity index is 1.75. The summed E-state index contributed by atoms with van der Waals surface area (Å²) in [5.41, 5.74) is 6.91. The van der Waals surface area contributed by atoms with Gasteiger partial charge < -0.3 is 11.1 Å². The van der Waals surface area contributed by atoms with Gasteiger partial charge in [-0.05, 0) is 25.3 Å². The van der Waals surface area contributed by atoms with E-state index >= 15 is 0 Å². The molecule has 1 aromatic rings. The summed E-state index contributed by atoms with van der Waals surface area (Å²) in [4.78, 5) is 14.0. The smallest absolute Gasteiger partial charge is 0.236 e. The van der Waals surface area contributed by atoms with Crippen LogP contribution in [0.3, 0.4) is 0 Å². The van der Waals surface area contributed by atoms with E-state index in [2.05, 4.69) is 34.5 Å². The highest BCUT2D eigenvalue weighted by molar-refractivity contribution is 5.81. The fourth-order valence-corrected chi connectivity index (χ4v) is 2.41. The van der Waals surface area contributed by atoms with Crippen molar-refractivity contribution < 1.29 is 4.79 Å². The number of benzene rings is 1. The summed E-state index contributed by atoms with van der Waals surface area (Å²) in [6.07, 6.45) is 2.01. The van der Waals surface area contributed by atoms with E-state index < -0.39 is 6.04 Å². The standard InChI is InChI=1S/C15H23N3O/c1-12(16)15(19)17-14-7-9-18(10-8-14)11-13-5-3-2-4-6-13/h2-6,12,14H,7-11,16H2,1H3,(H,17,19). The molecule has 0 saturated carbocycles. The summed E-state index contributed by atoms with van der Waals surface area (Å²) in [6.45, 7) is 4.77. The van der Waals surface area contributed by atoms with Crippen molar-refractivity contribution in [2.24, 2.45) is 5.73 Å². The third-order valence-corrected chi connectivity index (χ3v) is 3.60. The number of nitrogens with one attached hydrogen (secondary N) is 1. The molecule has 0 bridgehead atoms. The minimum Gasteiger partial charge on any atom is -0.352 e. The number of piperidine rings is 1. The maximum Gasteiger partial charge on any atom is 0.236 e. The summed E-state index contributed by atoms with van der Waals surface area (Å²) in [7, 11) is 0. The molecule has 0 radical (unpaired) electrons. The van der Waals surface area contributed by atoms with Gasteiger partial charge in [0.1, 0.15) is 0 Å². The number of amides is 1.